The minimum atomic E-state index is -0.0514. The summed E-state index contributed by atoms with van der Waals surface area (Å²) in [7, 11) is 0. The van der Waals surface area contributed by atoms with E-state index < -0.39 is 0 Å². The fraction of sp³-hybridized carbons (Fsp3) is 0.286. The van der Waals surface area contributed by atoms with E-state index in [-0.39, 0.29) is 5.91 Å². The van der Waals surface area contributed by atoms with E-state index in [2.05, 4.69) is 53.7 Å². The van der Waals surface area contributed by atoms with E-state index >= 15 is 0 Å². The molecule has 3 aromatic rings. The lowest BCUT2D eigenvalue weighted by Crippen LogP contribution is -2.13. The molecule has 1 atom stereocenters. The molecule has 0 saturated heterocycles. The van der Waals surface area contributed by atoms with Crippen molar-refractivity contribution in [2.45, 2.75) is 37.4 Å². The number of nitrogens with zero attached hydrogens (tertiary/aromatic N) is 2. The van der Waals surface area contributed by atoms with Gasteiger partial charge in [0.1, 0.15) is 0 Å². The van der Waals surface area contributed by atoms with Crippen molar-refractivity contribution in [2.24, 2.45) is 0 Å². The number of anilines is 3. The Balaban J connectivity index is 1.48. The van der Waals surface area contributed by atoms with E-state index in [0.29, 0.717) is 16.8 Å². The largest absolute Gasteiger partial charge is 0.330 e. The first-order valence-corrected chi connectivity index (χ1v) is 11.0. The van der Waals surface area contributed by atoms with E-state index in [4.69, 9.17) is 0 Å². The third kappa shape index (κ3) is 5.81. The highest BCUT2D eigenvalue weighted by Gasteiger charge is 2.09. The monoisotopic (exact) mass is 412 g/mol. The first-order valence-electron chi connectivity index (χ1n) is 9.23. The number of thioether (sulfide) groups is 1. The van der Waals surface area contributed by atoms with Crippen LogP contribution in [0.4, 0.5) is 16.5 Å². The zero-order valence-electron chi connectivity index (χ0n) is 16.2. The molecule has 1 amide bonds. The first-order chi connectivity index (χ1) is 13.5. The number of rotatable bonds is 8. The van der Waals surface area contributed by atoms with Gasteiger partial charge in [-0.2, -0.15) is 0 Å². The number of hydrogen-bond acceptors (Lipinski definition) is 6. The number of nitrogens with one attached hydrogen (secondary N) is 2. The Morgan fingerprint density at radius 3 is 2.43 bits per heavy atom. The summed E-state index contributed by atoms with van der Waals surface area (Å²) in [5.41, 5.74) is 4.28. The molecule has 2 aromatic carbocycles. The molecular weight excluding hydrogens is 388 g/mol. The fourth-order valence-electron chi connectivity index (χ4n) is 2.53. The van der Waals surface area contributed by atoms with Crippen LogP contribution in [0.5, 0.6) is 0 Å². The van der Waals surface area contributed by atoms with Gasteiger partial charge in [-0.25, -0.2) is 0 Å². The number of aromatic nitrogens is 2. The second kappa shape index (κ2) is 9.71. The summed E-state index contributed by atoms with van der Waals surface area (Å²) in [4.78, 5) is 12.2. The van der Waals surface area contributed by atoms with Crippen molar-refractivity contribution in [3.63, 3.8) is 0 Å². The Kier molecular flexibility index (Phi) is 7.06. The van der Waals surface area contributed by atoms with Crippen LogP contribution >= 0.6 is 23.1 Å². The number of aryl methyl sites for hydroxylation is 1. The maximum absolute atomic E-state index is 12.2. The first kappa shape index (κ1) is 20.4. The summed E-state index contributed by atoms with van der Waals surface area (Å²) < 4.78 is 0.761. The Labute approximate surface area is 174 Å². The Hall–Kier alpha value is -2.38. The summed E-state index contributed by atoms with van der Waals surface area (Å²) in [6.45, 7) is 6.43. The molecule has 0 bridgehead atoms. The lowest BCUT2D eigenvalue weighted by molar-refractivity contribution is -0.113. The molecule has 2 N–H and O–H groups in total. The van der Waals surface area contributed by atoms with Crippen molar-refractivity contribution in [1.82, 2.24) is 10.2 Å². The Bertz CT molecular complexity index is 907. The lowest BCUT2D eigenvalue weighted by atomic mass is 9.99. The number of hydrogen-bond donors (Lipinski definition) is 2. The Morgan fingerprint density at radius 2 is 1.75 bits per heavy atom. The van der Waals surface area contributed by atoms with Crippen LogP contribution in [0.3, 0.4) is 0 Å². The number of carbonyl (C=O) groups is 1. The highest BCUT2D eigenvalue weighted by molar-refractivity contribution is 8.01. The van der Waals surface area contributed by atoms with Crippen LogP contribution in [0, 0.1) is 6.92 Å². The predicted molar refractivity (Wildman–Crippen MR) is 119 cm³/mol. The van der Waals surface area contributed by atoms with Gasteiger partial charge in [0, 0.05) is 11.4 Å². The second-order valence-electron chi connectivity index (χ2n) is 6.63. The zero-order chi connectivity index (χ0) is 19.9. The molecule has 0 aliphatic heterocycles. The molecule has 7 heteroatoms. The summed E-state index contributed by atoms with van der Waals surface area (Å²) in [6.07, 6.45) is 1.10. The van der Waals surface area contributed by atoms with Gasteiger partial charge in [0.15, 0.2) is 4.34 Å². The van der Waals surface area contributed by atoms with Crippen LogP contribution in [0.25, 0.3) is 0 Å². The maximum Gasteiger partial charge on any atom is 0.234 e. The van der Waals surface area contributed by atoms with Crippen LogP contribution < -0.4 is 10.6 Å². The molecule has 0 unspecified atom stereocenters. The van der Waals surface area contributed by atoms with Crippen molar-refractivity contribution in [3.05, 3.63) is 59.7 Å². The molecule has 0 saturated carbocycles. The molecule has 3 rings (SSSR count). The SMILES string of the molecule is CC[C@@H](C)c1ccc(NC(=O)CSc2nnc(Nc3ccc(C)cc3)s2)cc1. The normalized spacial score (nSPS) is 11.8. The third-order valence-electron chi connectivity index (χ3n) is 4.41. The van der Waals surface area contributed by atoms with Gasteiger partial charge in [-0.15, -0.1) is 10.2 Å². The van der Waals surface area contributed by atoms with Gasteiger partial charge in [0.2, 0.25) is 11.0 Å². The van der Waals surface area contributed by atoms with Crippen molar-refractivity contribution < 1.29 is 4.79 Å². The van der Waals surface area contributed by atoms with Crippen LogP contribution in [0.15, 0.2) is 52.9 Å². The minimum Gasteiger partial charge on any atom is -0.330 e. The highest BCUT2D eigenvalue weighted by atomic mass is 32.2. The molecule has 1 heterocycles. The van der Waals surface area contributed by atoms with Crippen LogP contribution in [-0.2, 0) is 4.79 Å². The third-order valence-corrected chi connectivity index (χ3v) is 6.38. The molecule has 0 radical (unpaired) electrons. The van der Waals surface area contributed by atoms with E-state index in [9.17, 15) is 4.79 Å². The molecular formula is C21H24N4OS2. The number of carbonyl (C=O) groups excluding carboxylic acids is 1. The molecule has 146 valence electrons. The lowest BCUT2D eigenvalue weighted by Gasteiger charge is -2.10. The number of amides is 1. The number of benzene rings is 2. The van der Waals surface area contributed by atoms with Crippen LogP contribution in [-0.4, -0.2) is 21.9 Å². The van der Waals surface area contributed by atoms with Gasteiger partial charge >= 0.3 is 0 Å². The van der Waals surface area contributed by atoms with Crippen molar-refractivity contribution in [2.75, 3.05) is 16.4 Å². The minimum absolute atomic E-state index is 0.0514. The summed E-state index contributed by atoms with van der Waals surface area (Å²) in [6, 6.07) is 16.2. The standard InChI is InChI=1S/C21H24N4OS2/c1-4-15(3)16-7-11-17(12-8-16)22-19(26)13-27-21-25-24-20(28-21)23-18-9-5-14(2)6-10-18/h5-12,15H,4,13H2,1-3H3,(H,22,26)(H,23,24)/t15-/m1/s1. The predicted octanol–water partition coefficient (Wildman–Crippen LogP) is 5.83. The van der Waals surface area contributed by atoms with Crippen molar-refractivity contribution in [1.29, 1.82) is 0 Å². The van der Waals surface area contributed by atoms with E-state index in [1.54, 1.807) is 0 Å². The molecule has 1 aromatic heterocycles. The van der Waals surface area contributed by atoms with Crippen molar-refractivity contribution >= 4 is 45.5 Å². The molecule has 0 spiro atoms. The molecule has 0 fully saturated rings. The van der Waals surface area contributed by atoms with Crippen LogP contribution in [0.2, 0.25) is 0 Å². The summed E-state index contributed by atoms with van der Waals surface area (Å²) >= 11 is 2.82. The van der Waals surface area contributed by atoms with Gasteiger partial charge in [-0.05, 0) is 49.1 Å². The van der Waals surface area contributed by atoms with E-state index in [0.717, 1.165) is 22.1 Å². The van der Waals surface area contributed by atoms with Crippen molar-refractivity contribution in [3.8, 4) is 0 Å². The molecule has 28 heavy (non-hydrogen) atoms. The second-order valence-corrected chi connectivity index (χ2v) is 8.83. The van der Waals surface area contributed by atoms with Crippen LogP contribution in [0.1, 0.15) is 37.3 Å². The highest BCUT2D eigenvalue weighted by Crippen LogP contribution is 2.28. The average Bonchev–Trinajstić information content (AvgIpc) is 3.15. The maximum atomic E-state index is 12.2. The molecule has 5 nitrogen and oxygen atoms in total. The topological polar surface area (TPSA) is 66.9 Å². The molecule has 0 aliphatic carbocycles. The van der Waals surface area contributed by atoms with E-state index in [1.165, 1.54) is 34.2 Å². The van der Waals surface area contributed by atoms with Gasteiger partial charge in [0.25, 0.3) is 0 Å². The van der Waals surface area contributed by atoms with Gasteiger partial charge in [-0.1, -0.05) is 66.8 Å². The average molecular weight is 413 g/mol. The van der Waals surface area contributed by atoms with Gasteiger partial charge < -0.3 is 10.6 Å². The molecule has 0 aliphatic rings. The van der Waals surface area contributed by atoms with Gasteiger partial charge in [0.05, 0.1) is 5.75 Å². The fourth-order valence-corrected chi connectivity index (χ4v) is 4.11. The summed E-state index contributed by atoms with van der Waals surface area (Å²) in [5.74, 6) is 0.775. The van der Waals surface area contributed by atoms with Gasteiger partial charge in [-0.3, -0.25) is 4.79 Å². The van der Waals surface area contributed by atoms with E-state index in [1.807, 2.05) is 36.4 Å². The Morgan fingerprint density at radius 1 is 1.07 bits per heavy atom. The summed E-state index contributed by atoms with van der Waals surface area (Å²) in [5, 5.41) is 15.1. The quantitative estimate of drug-likeness (QED) is 0.455. The smallest absolute Gasteiger partial charge is 0.234 e. The zero-order valence-corrected chi connectivity index (χ0v) is 17.9.